The molecule has 1 aromatic carbocycles. The van der Waals surface area contributed by atoms with Gasteiger partial charge >= 0.3 is 29.6 Å². The largest absolute Gasteiger partial charge is 1.00 e. The molecule has 0 aliphatic heterocycles. The van der Waals surface area contributed by atoms with Gasteiger partial charge in [-0.15, -0.1) is 0 Å². The van der Waals surface area contributed by atoms with Gasteiger partial charge < -0.3 is 4.55 Å². The summed E-state index contributed by atoms with van der Waals surface area (Å²) < 4.78 is 45.3. The van der Waals surface area contributed by atoms with Crippen LogP contribution in [0.25, 0.3) is 0 Å². The zero-order valence-corrected chi connectivity index (χ0v) is 12.8. The van der Waals surface area contributed by atoms with E-state index in [2.05, 4.69) is 0 Å². The summed E-state index contributed by atoms with van der Waals surface area (Å²) in [4.78, 5) is 0.134. The van der Waals surface area contributed by atoms with Gasteiger partial charge in [-0.3, -0.25) is 4.21 Å². The van der Waals surface area contributed by atoms with E-state index in [1.165, 1.54) is 38.4 Å². The van der Waals surface area contributed by atoms with Crippen LogP contribution in [0.1, 0.15) is 0 Å². The Hall–Kier alpha value is 0.240. The van der Waals surface area contributed by atoms with E-state index >= 15 is 0 Å². The molecule has 0 radical (unpaired) electrons. The van der Waals surface area contributed by atoms with Crippen LogP contribution in [-0.2, 0) is 21.1 Å². The zero-order valence-electron chi connectivity index (χ0n) is 9.21. The van der Waals surface area contributed by atoms with Gasteiger partial charge in [0.1, 0.15) is 0 Å². The summed E-state index contributed by atoms with van der Waals surface area (Å²) in [6, 6.07) is 5.03. The van der Waals surface area contributed by atoms with Crippen molar-refractivity contribution < 1.29 is 46.7 Å². The molecule has 0 aliphatic rings. The molecule has 1 unspecified atom stereocenters. The first-order valence-electron chi connectivity index (χ1n) is 3.97. The van der Waals surface area contributed by atoms with E-state index in [0.717, 1.165) is 4.31 Å². The molecule has 16 heavy (non-hydrogen) atoms. The standard InChI is InChI=1S/C8H11NO4S2.Na/c1-9(2)15(12,13)8-5-3-7(4-6-8)14(10)11;/h3-6H,1-2H3,(H,10,11);/q;+1/p-1. The topological polar surface area (TPSA) is 77.5 Å². The third kappa shape index (κ3) is 3.63. The van der Waals surface area contributed by atoms with E-state index in [4.69, 9.17) is 0 Å². The molecule has 5 nitrogen and oxygen atoms in total. The fourth-order valence-electron chi connectivity index (χ4n) is 0.934. The van der Waals surface area contributed by atoms with Crippen molar-refractivity contribution in [3.05, 3.63) is 24.3 Å². The molecule has 0 aliphatic carbocycles. The van der Waals surface area contributed by atoms with Gasteiger partial charge in [-0.2, -0.15) is 0 Å². The monoisotopic (exact) mass is 271 g/mol. The van der Waals surface area contributed by atoms with Gasteiger partial charge in [0.2, 0.25) is 10.0 Å². The summed E-state index contributed by atoms with van der Waals surface area (Å²) in [6.07, 6.45) is 0. The van der Waals surface area contributed by atoms with Gasteiger partial charge in [-0.1, -0.05) is 0 Å². The maximum atomic E-state index is 11.6. The quantitative estimate of drug-likeness (QED) is 0.439. The van der Waals surface area contributed by atoms with Crippen molar-refractivity contribution in [3.63, 3.8) is 0 Å². The smallest absolute Gasteiger partial charge is 0.768 e. The minimum Gasteiger partial charge on any atom is -0.768 e. The molecule has 1 rings (SSSR count). The van der Waals surface area contributed by atoms with E-state index in [1.807, 2.05) is 0 Å². The number of sulfonamides is 1. The molecular formula is C8H10NNaO4S2. The van der Waals surface area contributed by atoms with Crippen LogP contribution in [0, 0.1) is 0 Å². The predicted molar refractivity (Wildman–Crippen MR) is 54.5 cm³/mol. The Kier molecular flexibility index (Phi) is 6.34. The molecule has 0 spiro atoms. The second-order valence-corrected chi connectivity index (χ2v) is 6.09. The summed E-state index contributed by atoms with van der Waals surface area (Å²) in [5.41, 5.74) is 0. The zero-order chi connectivity index (χ0) is 11.6. The second kappa shape index (κ2) is 6.25. The number of hydrogen-bond donors (Lipinski definition) is 0. The molecule has 0 saturated carbocycles. The Morgan fingerprint density at radius 1 is 1.19 bits per heavy atom. The summed E-state index contributed by atoms with van der Waals surface area (Å²) in [5, 5.41) is 0. The van der Waals surface area contributed by atoms with Gasteiger partial charge in [-0.25, -0.2) is 12.7 Å². The van der Waals surface area contributed by atoms with Gasteiger partial charge in [0.05, 0.1) is 4.90 Å². The average Bonchev–Trinajstić information content (AvgIpc) is 2.17. The SMILES string of the molecule is CN(C)S(=O)(=O)c1ccc(S(=O)[O-])cc1.[Na+]. The Morgan fingerprint density at radius 3 is 1.94 bits per heavy atom. The van der Waals surface area contributed by atoms with Gasteiger partial charge in [0, 0.05) is 19.0 Å². The van der Waals surface area contributed by atoms with Crippen LogP contribution in [-0.4, -0.2) is 35.6 Å². The molecule has 8 heteroatoms. The fraction of sp³-hybridized carbons (Fsp3) is 0.250. The van der Waals surface area contributed by atoms with Crippen molar-refractivity contribution in [2.75, 3.05) is 14.1 Å². The minimum atomic E-state index is -3.49. The van der Waals surface area contributed by atoms with Crippen molar-refractivity contribution in [2.45, 2.75) is 9.79 Å². The molecule has 0 aromatic heterocycles. The summed E-state index contributed by atoms with van der Waals surface area (Å²) in [7, 11) is -0.664. The molecule has 0 heterocycles. The molecule has 0 amide bonds. The van der Waals surface area contributed by atoms with E-state index in [0.29, 0.717) is 0 Å². The van der Waals surface area contributed by atoms with Crippen LogP contribution in [0.15, 0.2) is 34.1 Å². The van der Waals surface area contributed by atoms with Crippen LogP contribution in [0.2, 0.25) is 0 Å². The molecule has 0 bridgehead atoms. The average molecular weight is 271 g/mol. The van der Waals surface area contributed by atoms with Gasteiger partial charge in [0.15, 0.2) is 0 Å². The summed E-state index contributed by atoms with van der Waals surface area (Å²) in [6.45, 7) is 0. The van der Waals surface area contributed by atoms with Crippen LogP contribution in [0.5, 0.6) is 0 Å². The molecular weight excluding hydrogens is 261 g/mol. The Bertz CT molecular complexity index is 469. The number of rotatable bonds is 3. The molecule has 84 valence electrons. The molecule has 0 saturated heterocycles. The summed E-state index contributed by atoms with van der Waals surface area (Å²) >= 11 is -2.33. The van der Waals surface area contributed by atoms with Crippen molar-refractivity contribution in [2.24, 2.45) is 0 Å². The van der Waals surface area contributed by atoms with Crippen LogP contribution in [0.3, 0.4) is 0 Å². The Morgan fingerprint density at radius 2 is 1.62 bits per heavy atom. The number of benzene rings is 1. The number of hydrogen-bond acceptors (Lipinski definition) is 4. The van der Waals surface area contributed by atoms with Crippen LogP contribution < -0.4 is 29.6 Å². The number of nitrogens with zero attached hydrogens (tertiary/aromatic N) is 1. The first-order valence-corrected chi connectivity index (χ1v) is 6.49. The maximum absolute atomic E-state index is 11.6. The van der Waals surface area contributed by atoms with Crippen molar-refractivity contribution in [1.29, 1.82) is 0 Å². The van der Waals surface area contributed by atoms with Gasteiger partial charge in [0.25, 0.3) is 0 Å². The van der Waals surface area contributed by atoms with Crippen molar-refractivity contribution in [3.8, 4) is 0 Å². The minimum absolute atomic E-state index is 0. The van der Waals surface area contributed by atoms with E-state index < -0.39 is 21.1 Å². The predicted octanol–water partition coefficient (Wildman–Crippen LogP) is -2.82. The molecule has 0 fully saturated rings. The fourth-order valence-corrected chi connectivity index (χ4v) is 2.19. The molecule has 0 N–H and O–H groups in total. The van der Waals surface area contributed by atoms with E-state index in [9.17, 15) is 17.2 Å². The second-order valence-electron chi connectivity index (χ2n) is 2.99. The third-order valence-electron chi connectivity index (χ3n) is 1.79. The maximum Gasteiger partial charge on any atom is 1.00 e. The van der Waals surface area contributed by atoms with Crippen molar-refractivity contribution in [1.82, 2.24) is 4.31 Å². The van der Waals surface area contributed by atoms with Gasteiger partial charge in [-0.05, 0) is 35.3 Å². The van der Waals surface area contributed by atoms with Crippen LogP contribution in [0.4, 0.5) is 0 Å². The first-order chi connectivity index (χ1) is 6.85. The molecule has 1 aromatic rings. The van der Waals surface area contributed by atoms with E-state index in [-0.39, 0.29) is 39.3 Å². The third-order valence-corrected chi connectivity index (χ3v) is 4.28. The molecule has 1 atom stereocenters. The normalized spacial score (nSPS) is 13.2. The van der Waals surface area contributed by atoms with E-state index in [1.54, 1.807) is 0 Å². The Balaban J connectivity index is 0.00000225. The van der Waals surface area contributed by atoms with Crippen molar-refractivity contribution >= 4 is 21.1 Å². The Labute approximate surface area is 119 Å². The summed E-state index contributed by atoms with van der Waals surface area (Å²) in [5.74, 6) is 0. The van der Waals surface area contributed by atoms with Crippen LogP contribution >= 0.6 is 0 Å². The first kappa shape index (κ1) is 16.2.